The van der Waals surface area contributed by atoms with Crippen LogP contribution < -0.4 is 4.90 Å². The molecule has 10 aromatic rings. The summed E-state index contributed by atoms with van der Waals surface area (Å²) in [5.41, 5.74) is 13.6. The number of anilines is 3. The Bertz CT molecular complexity index is 3130. The second-order valence-corrected chi connectivity index (χ2v) is 16.5. The normalized spacial score (nSPS) is 13.1. The molecule has 0 fully saturated rings. The van der Waals surface area contributed by atoms with Gasteiger partial charge >= 0.3 is 0 Å². The fraction of sp³-hybridized carbons (Fsp3) is 0.0566. The summed E-state index contributed by atoms with van der Waals surface area (Å²) in [7, 11) is 0. The quantitative estimate of drug-likeness (QED) is 0.171. The second kappa shape index (κ2) is 12.3. The van der Waals surface area contributed by atoms with E-state index in [-0.39, 0.29) is 5.41 Å². The molecule has 0 saturated heterocycles. The first-order chi connectivity index (χ1) is 27.0. The van der Waals surface area contributed by atoms with Gasteiger partial charge in [-0.2, -0.15) is 0 Å². The third kappa shape index (κ3) is 5.13. The molecular formula is C53H37NS. The van der Waals surface area contributed by atoms with Crippen molar-refractivity contribution in [3.05, 3.63) is 199 Å². The average molecular weight is 720 g/mol. The molecule has 0 atom stereocenters. The Hall–Kier alpha value is -6.48. The lowest BCUT2D eigenvalue weighted by atomic mass is 9.82. The molecule has 1 aromatic heterocycles. The maximum Gasteiger partial charge on any atom is 0.0540 e. The highest BCUT2D eigenvalue weighted by Gasteiger charge is 2.35. The van der Waals surface area contributed by atoms with Crippen molar-refractivity contribution in [3.63, 3.8) is 0 Å². The molecule has 9 aromatic carbocycles. The monoisotopic (exact) mass is 719 g/mol. The fourth-order valence-corrected chi connectivity index (χ4v) is 10.1. The van der Waals surface area contributed by atoms with Crippen LogP contribution in [-0.4, -0.2) is 0 Å². The number of nitrogens with zero attached hydrogens (tertiary/aromatic N) is 1. The molecule has 1 aliphatic rings. The van der Waals surface area contributed by atoms with Gasteiger partial charge in [0.25, 0.3) is 0 Å². The van der Waals surface area contributed by atoms with E-state index in [4.69, 9.17) is 0 Å². The summed E-state index contributed by atoms with van der Waals surface area (Å²) in [6, 6.07) is 69.8. The first-order valence-corrected chi connectivity index (χ1v) is 19.9. The van der Waals surface area contributed by atoms with Gasteiger partial charge < -0.3 is 4.90 Å². The van der Waals surface area contributed by atoms with Crippen LogP contribution in [0.25, 0.3) is 75.1 Å². The molecule has 1 nitrogen and oxygen atoms in total. The van der Waals surface area contributed by atoms with Gasteiger partial charge in [0.15, 0.2) is 0 Å². The van der Waals surface area contributed by atoms with E-state index in [1.165, 1.54) is 86.2 Å². The minimum Gasteiger partial charge on any atom is -0.310 e. The molecule has 1 aliphatic carbocycles. The molecule has 2 heteroatoms. The molecule has 0 N–H and O–H groups in total. The molecule has 1 heterocycles. The lowest BCUT2D eigenvalue weighted by molar-refractivity contribution is 0.660. The average Bonchev–Trinajstić information content (AvgIpc) is 3.71. The number of para-hydroxylation sites is 1. The van der Waals surface area contributed by atoms with Gasteiger partial charge in [0.1, 0.15) is 0 Å². The Morgan fingerprint density at radius 3 is 1.91 bits per heavy atom. The molecule has 11 rings (SSSR count). The summed E-state index contributed by atoms with van der Waals surface area (Å²) in [4.78, 5) is 2.45. The van der Waals surface area contributed by atoms with Crippen molar-refractivity contribution in [2.75, 3.05) is 4.90 Å². The van der Waals surface area contributed by atoms with Crippen LogP contribution >= 0.6 is 11.3 Å². The summed E-state index contributed by atoms with van der Waals surface area (Å²) in [6.45, 7) is 4.72. The SMILES string of the molecule is CC1(C)c2ccccc2-c2ccc(N(c3ccc(-c4ccc5cc6sc7ccccc7c6cc5c4)cc3)c3ccccc3-c3ccc4ccccc4c3)cc21. The van der Waals surface area contributed by atoms with E-state index in [9.17, 15) is 0 Å². The molecular weight excluding hydrogens is 683 g/mol. The van der Waals surface area contributed by atoms with Crippen LogP contribution in [0.3, 0.4) is 0 Å². The number of rotatable bonds is 5. The Labute approximate surface area is 325 Å². The second-order valence-electron chi connectivity index (χ2n) is 15.4. The molecule has 0 bridgehead atoms. The van der Waals surface area contributed by atoms with Crippen LogP contribution in [0, 0.1) is 0 Å². The minimum atomic E-state index is -0.105. The Kier molecular flexibility index (Phi) is 7.14. The van der Waals surface area contributed by atoms with Crippen molar-refractivity contribution in [2.45, 2.75) is 19.3 Å². The van der Waals surface area contributed by atoms with Gasteiger partial charge in [0.2, 0.25) is 0 Å². The number of hydrogen-bond donors (Lipinski definition) is 0. The topological polar surface area (TPSA) is 3.24 Å². The molecule has 0 radical (unpaired) electrons. The largest absolute Gasteiger partial charge is 0.310 e. The highest BCUT2D eigenvalue weighted by Crippen LogP contribution is 2.51. The number of benzene rings is 9. The zero-order chi connectivity index (χ0) is 36.7. The van der Waals surface area contributed by atoms with Crippen LogP contribution in [0.15, 0.2) is 188 Å². The summed E-state index contributed by atoms with van der Waals surface area (Å²) >= 11 is 1.88. The van der Waals surface area contributed by atoms with E-state index in [2.05, 4.69) is 207 Å². The summed E-state index contributed by atoms with van der Waals surface area (Å²) in [5.74, 6) is 0. The van der Waals surface area contributed by atoms with Crippen LogP contribution in [0.5, 0.6) is 0 Å². The molecule has 0 aliphatic heterocycles. The van der Waals surface area contributed by atoms with Gasteiger partial charge in [-0.3, -0.25) is 0 Å². The van der Waals surface area contributed by atoms with Gasteiger partial charge in [0, 0.05) is 42.5 Å². The summed E-state index contributed by atoms with van der Waals surface area (Å²) in [6.07, 6.45) is 0. The Morgan fingerprint density at radius 1 is 0.382 bits per heavy atom. The third-order valence-electron chi connectivity index (χ3n) is 11.8. The van der Waals surface area contributed by atoms with Gasteiger partial charge in [-0.25, -0.2) is 0 Å². The highest BCUT2D eigenvalue weighted by atomic mass is 32.1. The maximum atomic E-state index is 2.45. The lowest BCUT2D eigenvalue weighted by Crippen LogP contribution is -2.16. The van der Waals surface area contributed by atoms with Crippen molar-refractivity contribution in [1.82, 2.24) is 0 Å². The number of hydrogen-bond acceptors (Lipinski definition) is 2. The van der Waals surface area contributed by atoms with Crippen LogP contribution in [-0.2, 0) is 5.41 Å². The third-order valence-corrected chi connectivity index (χ3v) is 13.0. The molecule has 0 unspecified atom stereocenters. The minimum absolute atomic E-state index is 0.105. The van der Waals surface area contributed by atoms with Crippen molar-refractivity contribution in [1.29, 1.82) is 0 Å². The maximum absolute atomic E-state index is 2.45. The van der Waals surface area contributed by atoms with E-state index in [1.54, 1.807) is 0 Å². The van der Waals surface area contributed by atoms with E-state index in [0.717, 1.165) is 17.1 Å². The smallest absolute Gasteiger partial charge is 0.0540 e. The van der Waals surface area contributed by atoms with Gasteiger partial charge in [-0.1, -0.05) is 141 Å². The molecule has 260 valence electrons. The number of thiophene rings is 1. The van der Waals surface area contributed by atoms with Gasteiger partial charge in [-0.15, -0.1) is 11.3 Å². The summed E-state index contributed by atoms with van der Waals surface area (Å²) in [5, 5.41) is 7.70. The van der Waals surface area contributed by atoms with E-state index >= 15 is 0 Å². The summed E-state index contributed by atoms with van der Waals surface area (Å²) < 4.78 is 2.68. The number of fused-ring (bicyclic) bond motifs is 8. The zero-order valence-corrected chi connectivity index (χ0v) is 31.6. The standard InChI is InChI=1S/C53H37NS/c1-53(2)48-16-8-5-14-44(48)45-28-27-42(33-49(45)53)54(50-17-9-6-13-43(50)39-22-19-34-11-3-4-12-36(34)29-39)41-25-23-35(24-26-41)37-20-21-38-32-52-47(31-40(38)30-37)46-15-7-10-18-51(46)55-52/h3-33H,1-2H3. The van der Waals surface area contributed by atoms with Gasteiger partial charge in [-0.05, 0) is 121 Å². The highest BCUT2D eigenvalue weighted by molar-refractivity contribution is 7.25. The zero-order valence-electron chi connectivity index (χ0n) is 30.8. The fourth-order valence-electron chi connectivity index (χ4n) is 8.98. The van der Waals surface area contributed by atoms with Crippen molar-refractivity contribution in [2.24, 2.45) is 0 Å². The lowest BCUT2D eigenvalue weighted by Gasteiger charge is -2.30. The first-order valence-electron chi connectivity index (χ1n) is 19.1. The molecule has 0 amide bonds. The van der Waals surface area contributed by atoms with Crippen molar-refractivity contribution < 1.29 is 0 Å². The molecule has 0 saturated carbocycles. The van der Waals surface area contributed by atoms with Gasteiger partial charge in [0.05, 0.1) is 5.69 Å². The van der Waals surface area contributed by atoms with Crippen molar-refractivity contribution in [3.8, 4) is 33.4 Å². The predicted octanol–water partition coefficient (Wildman–Crippen LogP) is 15.5. The predicted molar refractivity (Wildman–Crippen MR) is 237 cm³/mol. The van der Waals surface area contributed by atoms with Crippen molar-refractivity contribution >= 4 is 70.1 Å². The van der Waals surface area contributed by atoms with E-state index in [0.29, 0.717) is 0 Å². The Balaban J connectivity index is 1.05. The first kappa shape index (κ1) is 32.0. The van der Waals surface area contributed by atoms with E-state index < -0.39 is 0 Å². The Morgan fingerprint density at radius 2 is 1.02 bits per heavy atom. The molecule has 55 heavy (non-hydrogen) atoms. The van der Waals surface area contributed by atoms with Crippen LogP contribution in [0.2, 0.25) is 0 Å². The molecule has 0 spiro atoms. The van der Waals surface area contributed by atoms with Crippen LogP contribution in [0.1, 0.15) is 25.0 Å². The van der Waals surface area contributed by atoms with E-state index in [1.807, 2.05) is 11.3 Å². The van der Waals surface area contributed by atoms with Crippen LogP contribution in [0.4, 0.5) is 17.1 Å².